The summed E-state index contributed by atoms with van der Waals surface area (Å²) in [7, 11) is 0. The third kappa shape index (κ3) is 2.34. The molecule has 2 aliphatic carbocycles. The van der Waals surface area contributed by atoms with Gasteiger partial charge in [-0.3, -0.25) is 4.79 Å². The number of carbonyl (C=O) groups is 1. The zero-order chi connectivity index (χ0) is 14.2. The minimum atomic E-state index is -0.754. The lowest BCUT2D eigenvalue weighted by molar-refractivity contribution is -0.129. The number of aliphatic hydroxyl groups excluding tert-OH is 1. The Bertz CT molecular complexity index is 509. The van der Waals surface area contributed by atoms with Gasteiger partial charge in [0.1, 0.15) is 0 Å². The molecule has 0 aliphatic heterocycles. The summed E-state index contributed by atoms with van der Waals surface area (Å²) in [6.45, 7) is 0. The maximum absolute atomic E-state index is 12.5. The maximum Gasteiger partial charge on any atom is 0.240 e. The average molecular weight is 274 g/mol. The summed E-state index contributed by atoms with van der Waals surface area (Å²) in [5.41, 5.74) is 7.63. The Kier molecular flexibility index (Phi) is 3.52. The third-order valence-electron chi connectivity index (χ3n) is 4.69. The molecule has 0 saturated heterocycles. The topological polar surface area (TPSA) is 75.4 Å². The molecule has 1 amide bonds. The molecule has 0 aromatic heterocycles. The van der Waals surface area contributed by atoms with Crippen molar-refractivity contribution in [3.63, 3.8) is 0 Å². The molecule has 108 valence electrons. The van der Waals surface area contributed by atoms with Crippen molar-refractivity contribution in [1.29, 1.82) is 0 Å². The normalized spacial score (nSPS) is 27.9. The number of aliphatic hydroxyl groups is 1. The monoisotopic (exact) mass is 274 g/mol. The fourth-order valence-electron chi connectivity index (χ4n) is 3.44. The minimum absolute atomic E-state index is 0.113. The van der Waals surface area contributed by atoms with Gasteiger partial charge in [-0.1, -0.05) is 43.5 Å². The Balaban J connectivity index is 1.76. The average Bonchev–Trinajstić information content (AvgIpc) is 2.76. The lowest BCUT2D eigenvalue weighted by Crippen LogP contribution is -2.56. The highest BCUT2D eigenvalue weighted by Gasteiger charge is 2.39. The van der Waals surface area contributed by atoms with Gasteiger partial charge in [0.2, 0.25) is 5.91 Å². The first-order valence-corrected chi connectivity index (χ1v) is 7.46. The Labute approximate surface area is 119 Å². The van der Waals surface area contributed by atoms with Crippen LogP contribution in [0, 0.1) is 0 Å². The number of amides is 1. The number of carbonyl (C=O) groups excluding carboxylic acids is 1. The van der Waals surface area contributed by atoms with Gasteiger partial charge in [0.05, 0.1) is 17.7 Å². The van der Waals surface area contributed by atoms with Crippen LogP contribution in [0.2, 0.25) is 0 Å². The molecule has 4 N–H and O–H groups in total. The van der Waals surface area contributed by atoms with Crippen molar-refractivity contribution in [2.45, 2.75) is 56.2 Å². The molecule has 4 heteroatoms. The zero-order valence-electron chi connectivity index (χ0n) is 11.6. The van der Waals surface area contributed by atoms with E-state index in [4.69, 9.17) is 5.73 Å². The van der Waals surface area contributed by atoms with Crippen molar-refractivity contribution in [3.05, 3.63) is 35.4 Å². The van der Waals surface area contributed by atoms with Crippen molar-refractivity contribution >= 4 is 5.91 Å². The number of rotatable bonds is 2. The van der Waals surface area contributed by atoms with Crippen LogP contribution in [0.4, 0.5) is 0 Å². The van der Waals surface area contributed by atoms with Crippen LogP contribution in [0.15, 0.2) is 24.3 Å². The summed E-state index contributed by atoms with van der Waals surface area (Å²) in [5, 5.41) is 13.2. The second-order valence-corrected chi connectivity index (χ2v) is 6.14. The van der Waals surface area contributed by atoms with E-state index in [2.05, 4.69) is 5.32 Å². The van der Waals surface area contributed by atoms with Gasteiger partial charge in [-0.25, -0.2) is 0 Å². The summed E-state index contributed by atoms with van der Waals surface area (Å²) in [6, 6.07) is 7.56. The van der Waals surface area contributed by atoms with Crippen molar-refractivity contribution in [3.8, 4) is 0 Å². The van der Waals surface area contributed by atoms with Gasteiger partial charge >= 0.3 is 0 Å². The van der Waals surface area contributed by atoms with Gasteiger partial charge in [0.25, 0.3) is 0 Å². The van der Waals surface area contributed by atoms with Crippen LogP contribution < -0.4 is 11.1 Å². The number of hydrogen-bond donors (Lipinski definition) is 3. The van der Waals surface area contributed by atoms with E-state index in [1.807, 2.05) is 24.3 Å². The molecule has 0 spiro atoms. The molecule has 4 nitrogen and oxygen atoms in total. The Hall–Kier alpha value is -1.39. The molecule has 1 aromatic rings. The molecular formula is C16H22N2O2. The van der Waals surface area contributed by atoms with Gasteiger partial charge in [-0.05, 0) is 24.0 Å². The van der Waals surface area contributed by atoms with E-state index in [1.165, 1.54) is 0 Å². The predicted molar refractivity (Wildman–Crippen MR) is 77.0 cm³/mol. The molecule has 0 heterocycles. The Morgan fingerprint density at radius 2 is 1.95 bits per heavy atom. The number of nitrogens with two attached hydrogens (primary N) is 1. The van der Waals surface area contributed by atoms with Crippen LogP contribution in [0.5, 0.6) is 0 Å². The van der Waals surface area contributed by atoms with Crippen LogP contribution >= 0.6 is 0 Å². The van der Waals surface area contributed by atoms with Crippen LogP contribution in [0.1, 0.15) is 49.3 Å². The highest BCUT2D eigenvalue weighted by molar-refractivity contribution is 5.86. The third-order valence-corrected chi connectivity index (χ3v) is 4.69. The van der Waals surface area contributed by atoms with E-state index >= 15 is 0 Å². The molecule has 2 aliphatic rings. The fraction of sp³-hybridized carbons (Fsp3) is 0.562. The number of hydrogen-bond acceptors (Lipinski definition) is 3. The first kappa shape index (κ1) is 13.6. The van der Waals surface area contributed by atoms with Crippen molar-refractivity contribution < 1.29 is 9.90 Å². The molecule has 0 unspecified atom stereocenters. The van der Waals surface area contributed by atoms with E-state index < -0.39 is 11.6 Å². The lowest BCUT2D eigenvalue weighted by atomic mass is 9.81. The zero-order valence-corrected chi connectivity index (χ0v) is 11.6. The van der Waals surface area contributed by atoms with E-state index in [9.17, 15) is 9.90 Å². The quantitative estimate of drug-likeness (QED) is 0.763. The molecule has 0 radical (unpaired) electrons. The molecule has 1 saturated carbocycles. The second kappa shape index (κ2) is 5.19. The molecule has 2 atom stereocenters. The number of nitrogens with one attached hydrogen (secondary N) is 1. The Morgan fingerprint density at radius 3 is 2.70 bits per heavy atom. The summed E-state index contributed by atoms with van der Waals surface area (Å²) >= 11 is 0. The van der Waals surface area contributed by atoms with Gasteiger partial charge in [0.15, 0.2) is 0 Å². The van der Waals surface area contributed by atoms with E-state index in [0.29, 0.717) is 6.42 Å². The first-order valence-electron chi connectivity index (χ1n) is 7.46. The van der Waals surface area contributed by atoms with Crippen LogP contribution in [0.3, 0.4) is 0 Å². The van der Waals surface area contributed by atoms with E-state index in [0.717, 1.165) is 43.2 Å². The highest BCUT2D eigenvalue weighted by Crippen LogP contribution is 2.33. The number of benzene rings is 1. The maximum atomic E-state index is 12.5. The van der Waals surface area contributed by atoms with Crippen LogP contribution in [-0.2, 0) is 11.2 Å². The van der Waals surface area contributed by atoms with Gasteiger partial charge in [0, 0.05) is 6.42 Å². The van der Waals surface area contributed by atoms with E-state index in [-0.39, 0.29) is 11.9 Å². The Morgan fingerprint density at radius 1 is 1.25 bits per heavy atom. The fourth-order valence-corrected chi connectivity index (χ4v) is 3.44. The molecule has 0 bridgehead atoms. The minimum Gasteiger partial charge on any atom is -0.390 e. The standard InChI is InChI=1S/C16H22N2O2/c17-16(8-4-1-5-9-16)15(20)18-14-12-7-3-2-6-11(12)10-13(14)19/h2-3,6-7,13-14,19H,1,4-5,8-10,17H2,(H,18,20)/t13-,14+/m1/s1. The van der Waals surface area contributed by atoms with Gasteiger partial charge < -0.3 is 16.2 Å². The second-order valence-electron chi connectivity index (χ2n) is 6.14. The van der Waals surface area contributed by atoms with Crippen molar-refractivity contribution in [1.82, 2.24) is 5.32 Å². The van der Waals surface area contributed by atoms with Crippen LogP contribution in [0.25, 0.3) is 0 Å². The highest BCUT2D eigenvalue weighted by atomic mass is 16.3. The summed E-state index contributed by atoms with van der Waals surface area (Å²) in [4.78, 5) is 12.5. The lowest BCUT2D eigenvalue weighted by Gasteiger charge is -2.33. The molecule has 1 aromatic carbocycles. The first-order chi connectivity index (χ1) is 9.60. The van der Waals surface area contributed by atoms with Gasteiger partial charge in [-0.2, -0.15) is 0 Å². The molecule has 1 fully saturated rings. The summed E-state index contributed by atoms with van der Waals surface area (Å²) < 4.78 is 0. The largest absolute Gasteiger partial charge is 0.390 e. The summed E-state index contributed by atoms with van der Waals surface area (Å²) in [6.07, 6.45) is 4.69. The summed E-state index contributed by atoms with van der Waals surface area (Å²) in [5.74, 6) is -0.113. The molecule has 3 rings (SSSR count). The van der Waals surface area contributed by atoms with E-state index in [1.54, 1.807) is 0 Å². The molecule has 20 heavy (non-hydrogen) atoms. The molecular weight excluding hydrogens is 252 g/mol. The predicted octanol–water partition coefficient (Wildman–Crippen LogP) is 1.42. The smallest absolute Gasteiger partial charge is 0.240 e. The number of fused-ring (bicyclic) bond motifs is 1. The van der Waals surface area contributed by atoms with Crippen molar-refractivity contribution in [2.75, 3.05) is 0 Å². The SMILES string of the molecule is NC1(C(=O)N[C@H]2c3ccccc3C[C@H]2O)CCCCC1. The van der Waals surface area contributed by atoms with Crippen LogP contribution in [-0.4, -0.2) is 22.7 Å². The van der Waals surface area contributed by atoms with Gasteiger partial charge in [-0.15, -0.1) is 0 Å². The van der Waals surface area contributed by atoms with Crippen molar-refractivity contribution in [2.24, 2.45) is 5.73 Å².